The van der Waals surface area contributed by atoms with Crippen LogP contribution in [-0.4, -0.2) is 6.54 Å². The van der Waals surface area contributed by atoms with Gasteiger partial charge in [-0.3, -0.25) is 0 Å². The van der Waals surface area contributed by atoms with Gasteiger partial charge >= 0.3 is 0 Å². The van der Waals surface area contributed by atoms with Crippen LogP contribution < -0.4 is 5.32 Å². The minimum Gasteiger partial charge on any atom is -0.381 e. The third-order valence-corrected chi connectivity index (χ3v) is 2.53. The highest BCUT2D eigenvalue weighted by atomic mass is 14.9. The van der Waals surface area contributed by atoms with E-state index in [9.17, 15) is 0 Å². The van der Waals surface area contributed by atoms with Crippen LogP contribution >= 0.6 is 0 Å². The van der Waals surface area contributed by atoms with Gasteiger partial charge in [0, 0.05) is 17.8 Å². The van der Waals surface area contributed by atoms with E-state index < -0.39 is 0 Å². The van der Waals surface area contributed by atoms with Gasteiger partial charge in [-0.05, 0) is 25.5 Å². The Morgan fingerprint density at radius 2 is 1.86 bits per heavy atom. The zero-order valence-electron chi connectivity index (χ0n) is 8.67. The molecule has 2 rings (SSSR count). The monoisotopic (exact) mass is 185 g/mol. The lowest BCUT2D eigenvalue weighted by Gasteiger charge is -2.16. The summed E-state index contributed by atoms with van der Waals surface area (Å²) in [5.74, 6) is 0. The molecule has 0 bridgehead atoms. The van der Waals surface area contributed by atoms with Crippen molar-refractivity contribution in [2.75, 3.05) is 6.54 Å². The Kier molecular flexibility index (Phi) is 2.40. The molecular formula is C13H15N. The third-order valence-electron chi connectivity index (χ3n) is 2.53. The first-order valence-corrected chi connectivity index (χ1v) is 4.95. The van der Waals surface area contributed by atoms with Crippen LogP contribution in [0, 0.1) is 6.92 Å². The molecular weight excluding hydrogens is 170 g/mol. The molecule has 0 unspecified atom stereocenters. The maximum absolute atomic E-state index is 3.42. The molecule has 0 spiro atoms. The molecule has 1 aliphatic rings. The van der Waals surface area contributed by atoms with Crippen LogP contribution in [0.4, 0.5) is 0 Å². The first-order valence-electron chi connectivity index (χ1n) is 4.95. The summed E-state index contributed by atoms with van der Waals surface area (Å²) in [7, 11) is 0. The number of allylic oxidation sites excluding steroid dienone is 2. The second-order valence-electron chi connectivity index (χ2n) is 3.76. The molecule has 0 radical (unpaired) electrons. The lowest BCUT2D eigenvalue weighted by Crippen LogP contribution is -2.17. The molecule has 14 heavy (non-hydrogen) atoms. The van der Waals surface area contributed by atoms with Crippen LogP contribution in [0.25, 0.3) is 5.70 Å². The molecule has 1 aliphatic heterocycles. The fraction of sp³-hybridized carbons (Fsp3) is 0.231. The van der Waals surface area contributed by atoms with Gasteiger partial charge in [0.1, 0.15) is 0 Å². The molecule has 1 N–H and O–H groups in total. The van der Waals surface area contributed by atoms with Crippen molar-refractivity contribution in [2.45, 2.75) is 13.8 Å². The van der Waals surface area contributed by atoms with E-state index in [1.54, 1.807) is 0 Å². The first kappa shape index (κ1) is 9.07. The van der Waals surface area contributed by atoms with Gasteiger partial charge in [0.2, 0.25) is 0 Å². The summed E-state index contributed by atoms with van der Waals surface area (Å²) in [6.45, 7) is 5.24. The molecule has 1 nitrogen and oxygen atoms in total. The van der Waals surface area contributed by atoms with E-state index in [2.05, 4.69) is 55.6 Å². The predicted octanol–water partition coefficient (Wildman–Crippen LogP) is 2.89. The maximum atomic E-state index is 3.42. The molecule has 0 amide bonds. The van der Waals surface area contributed by atoms with Gasteiger partial charge in [-0.1, -0.05) is 35.9 Å². The number of hydrogen-bond acceptors (Lipinski definition) is 1. The first-order chi connectivity index (χ1) is 6.77. The van der Waals surface area contributed by atoms with Gasteiger partial charge in [-0.2, -0.15) is 0 Å². The van der Waals surface area contributed by atoms with Crippen molar-refractivity contribution in [2.24, 2.45) is 0 Å². The van der Waals surface area contributed by atoms with E-state index in [1.807, 2.05) is 0 Å². The average molecular weight is 185 g/mol. The van der Waals surface area contributed by atoms with Crippen LogP contribution in [0.3, 0.4) is 0 Å². The Morgan fingerprint density at radius 1 is 1.07 bits per heavy atom. The highest BCUT2D eigenvalue weighted by molar-refractivity contribution is 5.69. The summed E-state index contributed by atoms with van der Waals surface area (Å²) >= 11 is 0. The molecule has 1 heteroatoms. The molecule has 1 aromatic carbocycles. The van der Waals surface area contributed by atoms with E-state index in [-0.39, 0.29) is 0 Å². The smallest absolute Gasteiger partial charge is 0.0419 e. The normalized spacial score (nSPS) is 15.6. The van der Waals surface area contributed by atoms with E-state index in [0.717, 1.165) is 6.54 Å². The summed E-state index contributed by atoms with van der Waals surface area (Å²) in [6, 6.07) is 8.45. The van der Waals surface area contributed by atoms with Crippen molar-refractivity contribution in [1.29, 1.82) is 0 Å². The number of benzene rings is 1. The second-order valence-corrected chi connectivity index (χ2v) is 3.76. The standard InChI is InChI=1S/C13H15N/c1-10-7-8-13(14-9-10)12-6-4-3-5-11(12)2/h3-8,14H,9H2,1-2H3. The summed E-state index contributed by atoms with van der Waals surface area (Å²) < 4.78 is 0. The molecule has 0 saturated carbocycles. The summed E-state index contributed by atoms with van der Waals surface area (Å²) in [5.41, 5.74) is 5.23. The quantitative estimate of drug-likeness (QED) is 0.709. The van der Waals surface area contributed by atoms with Crippen molar-refractivity contribution in [3.63, 3.8) is 0 Å². The van der Waals surface area contributed by atoms with Crippen molar-refractivity contribution in [1.82, 2.24) is 5.32 Å². The fourth-order valence-corrected chi connectivity index (χ4v) is 1.64. The van der Waals surface area contributed by atoms with Crippen molar-refractivity contribution < 1.29 is 0 Å². The number of dihydropyridines is 1. The second kappa shape index (κ2) is 3.70. The van der Waals surface area contributed by atoms with E-state index in [0.29, 0.717) is 0 Å². The van der Waals surface area contributed by atoms with Gasteiger partial charge in [-0.25, -0.2) is 0 Å². The molecule has 1 heterocycles. The van der Waals surface area contributed by atoms with Crippen molar-refractivity contribution >= 4 is 5.70 Å². The summed E-state index contributed by atoms with van der Waals surface area (Å²) in [5, 5.41) is 3.42. The minimum atomic E-state index is 0.958. The molecule has 1 aromatic rings. The van der Waals surface area contributed by atoms with Gasteiger partial charge in [0.15, 0.2) is 0 Å². The summed E-state index contributed by atoms with van der Waals surface area (Å²) in [4.78, 5) is 0. The molecule has 0 fully saturated rings. The number of rotatable bonds is 1. The fourth-order valence-electron chi connectivity index (χ4n) is 1.64. The zero-order valence-corrected chi connectivity index (χ0v) is 8.67. The Hall–Kier alpha value is -1.50. The lowest BCUT2D eigenvalue weighted by atomic mass is 10.0. The molecule has 72 valence electrons. The number of nitrogens with one attached hydrogen (secondary N) is 1. The minimum absolute atomic E-state index is 0.958. The van der Waals surface area contributed by atoms with Gasteiger partial charge in [0.05, 0.1) is 0 Å². The highest BCUT2D eigenvalue weighted by Gasteiger charge is 2.05. The zero-order chi connectivity index (χ0) is 9.97. The van der Waals surface area contributed by atoms with Crippen LogP contribution in [0.2, 0.25) is 0 Å². The highest BCUT2D eigenvalue weighted by Crippen LogP contribution is 2.18. The molecule has 0 aromatic heterocycles. The van der Waals surface area contributed by atoms with E-state index in [4.69, 9.17) is 0 Å². The SMILES string of the molecule is CC1=CC=C(c2ccccc2C)NC1. The Balaban J connectivity index is 2.37. The number of hydrogen-bond donors (Lipinski definition) is 1. The third kappa shape index (κ3) is 1.72. The maximum Gasteiger partial charge on any atom is 0.0419 e. The Labute approximate surface area is 85.2 Å². The van der Waals surface area contributed by atoms with E-state index in [1.165, 1.54) is 22.4 Å². The predicted molar refractivity (Wildman–Crippen MR) is 60.9 cm³/mol. The van der Waals surface area contributed by atoms with Crippen LogP contribution in [-0.2, 0) is 0 Å². The van der Waals surface area contributed by atoms with E-state index >= 15 is 0 Å². The molecule has 0 atom stereocenters. The van der Waals surface area contributed by atoms with Crippen LogP contribution in [0.1, 0.15) is 18.1 Å². The Morgan fingerprint density at radius 3 is 2.50 bits per heavy atom. The largest absolute Gasteiger partial charge is 0.381 e. The topological polar surface area (TPSA) is 12.0 Å². The Bertz CT molecular complexity index is 399. The number of aryl methyl sites for hydroxylation is 1. The summed E-state index contributed by atoms with van der Waals surface area (Å²) in [6.07, 6.45) is 4.33. The van der Waals surface area contributed by atoms with Crippen molar-refractivity contribution in [3.05, 3.63) is 53.1 Å². The van der Waals surface area contributed by atoms with Gasteiger partial charge < -0.3 is 5.32 Å². The van der Waals surface area contributed by atoms with Crippen LogP contribution in [0.15, 0.2) is 42.0 Å². The van der Waals surface area contributed by atoms with Gasteiger partial charge in [0.25, 0.3) is 0 Å². The lowest BCUT2D eigenvalue weighted by molar-refractivity contribution is 0.939. The van der Waals surface area contributed by atoms with Crippen LogP contribution in [0.5, 0.6) is 0 Å². The van der Waals surface area contributed by atoms with Crippen molar-refractivity contribution in [3.8, 4) is 0 Å². The average Bonchev–Trinajstić information content (AvgIpc) is 2.20. The molecule has 0 saturated heterocycles. The van der Waals surface area contributed by atoms with Gasteiger partial charge in [-0.15, -0.1) is 0 Å². The molecule has 0 aliphatic carbocycles.